The van der Waals surface area contributed by atoms with Gasteiger partial charge in [-0.2, -0.15) is 5.10 Å². The molecular weight excluding hydrogens is 258 g/mol. The van der Waals surface area contributed by atoms with Gasteiger partial charge in [-0.15, -0.1) is 5.10 Å². The van der Waals surface area contributed by atoms with Crippen LogP contribution in [-0.2, 0) is 12.8 Å². The molecule has 1 aromatic heterocycles. The quantitative estimate of drug-likeness (QED) is 0.316. The molecule has 1 aliphatic rings. The summed E-state index contributed by atoms with van der Waals surface area (Å²) in [6, 6.07) is 0. The number of hydrogen-bond acceptors (Lipinski definition) is 6. The van der Waals surface area contributed by atoms with Crippen LogP contribution >= 0.6 is 0 Å². The first-order chi connectivity index (χ1) is 9.62. The first-order valence-electron chi connectivity index (χ1n) is 6.91. The van der Waals surface area contributed by atoms with Gasteiger partial charge in [-0.05, 0) is 24.8 Å². The van der Waals surface area contributed by atoms with Crippen LogP contribution in [0.2, 0.25) is 0 Å². The molecule has 1 unspecified atom stereocenters. The Morgan fingerprint density at radius 3 is 2.65 bits per heavy atom. The standard InChI is InChI=1S/C13H21N5O2/c1-3-9-10(4-2)15-16-13(11(9)12(14)17-20)18-6-5-8(19)7-18/h8,19-20H,3-7H2,1-2H3,(H2,14,17). The average molecular weight is 279 g/mol. The lowest BCUT2D eigenvalue weighted by Crippen LogP contribution is -2.29. The predicted octanol–water partition coefficient (Wildman–Crippen LogP) is 0.267. The number of β-amino-alcohol motifs (C(OH)–C–C–N with tert-alkyl or cyclic N) is 1. The van der Waals surface area contributed by atoms with Gasteiger partial charge >= 0.3 is 0 Å². The number of aliphatic hydroxyl groups excluding tert-OH is 1. The molecule has 2 rings (SSSR count). The Kier molecular flexibility index (Phi) is 4.39. The molecule has 7 heteroatoms. The van der Waals surface area contributed by atoms with Crippen LogP contribution in [0.5, 0.6) is 0 Å². The second kappa shape index (κ2) is 6.04. The summed E-state index contributed by atoms with van der Waals surface area (Å²) in [5.74, 6) is 0.633. The number of hydrogen-bond donors (Lipinski definition) is 3. The largest absolute Gasteiger partial charge is 0.409 e. The molecule has 0 bridgehead atoms. The molecule has 1 atom stereocenters. The van der Waals surface area contributed by atoms with E-state index in [0.29, 0.717) is 30.9 Å². The average Bonchev–Trinajstić information content (AvgIpc) is 2.91. The van der Waals surface area contributed by atoms with Gasteiger partial charge in [-0.3, -0.25) is 0 Å². The molecule has 0 amide bonds. The van der Waals surface area contributed by atoms with Crippen molar-refractivity contribution in [3.63, 3.8) is 0 Å². The van der Waals surface area contributed by atoms with Crippen LogP contribution in [0.15, 0.2) is 5.16 Å². The first kappa shape index (κ1) is 14.5. The van der Waals surface area contributed by atoms with E-state index in [2.05, 4.69) is 15.4 Å². The summed E-state index contributed by atoms with van der Waals surface area (Å²) < 4.78 is 0. The molecule has 7 nitrogen and oxygen atoms in total. The lowest BCUT2D eigenvalue weighted by molar-refractivity contribution is 0.198. The number of anilines is 1. The first-order valence-corrected chi connectivity index (χ1v) is 6.91. The Morgan fingerprint density at radius 2 is 2.15 bits per heavy atom. The van der Waals surface area contributed by atoms with E-state index in [1.54, 1.807) is 0 Å². The summed E-state index contributed by atoms with van der Waals surface area (Å²) >= 11 is 0. The van der Waals surface area contributed by atoms with E-state index in [-0.39, 0.29) is 11.9 Å². The van der Waals surface area contributed by atoms with E-state index in [0.717, 1.165) is 24.1 Å². The maximum Gasteiger partial charge on any atom is 0.174 e. The lowest BCUT2D eigenvalue weighted by atomic mass is 10.0. The van der Waals surface area contributed by atoms with Crippen LogP contribution < -0.4 is 10.6 Å². The zero-order valence-corrected chi connectivity index (χ0v) is 11.9. The molecule has 4 N–H and O–H groups in total. The summed E-state index contributed by atoms with van der Waals surface area (Å²) in [5.41, 5.74) is 8.29. The van der Waals surface area contributed by atoms with Crippen LogP contribution in [-0.4, -0.2) is 45.5 Å². The molecule has 1 aromatic rings. The highest BCUT2D eigenvalue weighted by molar-refractivity contribution is 6.03. The number of oxime groups is 1. The highest BCUT2D eigenvalue weighted by Crippen LogP contribution is 2.26. The van der Waals surface area contributed by atoms with Crippen LogP contribution in [0.3, 0.4) is 0 Å². The predicted molar refractivity (Wildman–Crippen MR) is 76.1 cm³/mol. The zero-order valence-electron chi connectivity index (χ0n) is 11.9. The second-order valence-electron chi connectivity index (χ2n) is 4.90. The SMILES string of the molecule is CCc1nnc(N2CCC(O)C2)c(C(N)=NO)c1CC. The van der Waals surface area contributed by atoms with Crippen molar-refractivity contribution in [3.05, 3.63) is 16.8 Å². The summed E-state index contributed by atoms with van der Waals surface area (Å²) in [5, 5.41) is 30.3. The van der Waals surface area contributed by atoms with Gasteiger partial charge in [0, 0.05) is 13.1 Å². The number of aryl methyl sites for hydroxylation is 1. The Hall–Kier alpha value is -1.89. The number of nitrogens with zero attached hydrogens (tertiary/aromatic N) is 4. The van der Waals surface area contributed by atoms with Crippen molar-refractivity contribution in [1.29, 1.82) is 0 Å². The van der Waals surface area contributed by atoms with Gasteiger partial charge in [-0.25, -0.2) is 0 Å². The molecule has 1 saturated heterocycles. The number of aromatic nitrogens is 2. The Bertz CT molecular complexity index is 518. The molecule has 110 valence electrons. The van der Waals surface area contributed by atoms with E-state index < -0.39 is 0 Å². The number of rotatable bonds is 4. The van der Waals surface area contributed by atoms with Crippen LogP contribution in [0.1, 0.15) is 37.1 Å². The molecule has 0 aliphatic carbocycles. The van der Waals surface area contributed by atoms with Crippen molar-refractivity contribution >= 4 is 11.7 Å². The van der Waals surface area contributed by atoms with Gasteiger partial charge in [-0.1, -0.05) is 19.0 Å². The van der Waals surface area contributed by atoms with Crippen molar-refractivity contribution in [2.75, 3.05) is 18.0 Å². The van der Waals surface area contributed by atoms with Crippen molar-refractivity contribution < 1.29 is 10.3 Å². The zero-order chi connectivity index (χ0) is 14.7. The summed E-state index contributed by atoms with van der Waals surface area (Å²) in [4.78, 5) is 1.93. The minimum atomic E-state index is -0.368. The van der Waals surface area contributed by atoms with Crippen LogP contribution in [0.4, 0.5) is 5.82 Å². The molecule has 0 aromatic carbocycles. The third kappa shape index (κ3) is 2.53. The van der Waals surface area contributed by atoms with E-state index in [1.165, 1.54) is 0 Å². The van der Waals surface area contributed by atoms with E-state index in [1.807, 2.05) is 18.7 Å². The smallest absolute Gasteiger partial charge is 0.174 e. The van der Waals surface area contributed by atoms with Gasteiger partial charge in [0.15, 0.2) is 11.7 Å². The molecule has 2 heterocycles. The van der Waals surface area contributed by atoms with Crippen LogP contribution in [0.25, 0.3) is 0 Å². The van der Waals surface area contributed by atoms with E-state index in [4.69, 9.17) is 10.9 Å². The number of amidine groups is 1. The third-order valence-electron chi connectivity index (χ3n) is 3.65. The minimum Gasteiger partial charge on any atom is -0.409 e. The van der Waals surface area contributed by atoms with Gasteiger partial charge in [0.25, 0.3) is 0 Å². The van der Waals surface area contributed by atoms with Gasteiger partial charge < -0.3 is 20.9 Å². The highest BCUT2D eigenvalue weighted by atomic mass is 16.4. The fourth-order valence-electron chi connectivity index (χ4n) is 2.64. The van der Waals surface area contributed by atoms with Crippen molar-refractivity contribution in [2.45, 2.75) is 39.2 Å². The highest BCUT2D eigenvalue weighted by Gasteiger charge is 2.27. The molecule has 0 radical (unpaired) electrons. The van der Waals surface area contributed by atoms with Gasteiger partial charge in [0.1, 0.15) is 0 Å². The molecule has 0 spiro atoms. The summed E-state index contributed by atoms with van der Waals surface area (Å²) in [6.45, 7) is 5.19. The maximum absolute atomic E-state index is 9.67. The monoisotopic (exact) mass is 279 g/mol. The normalized spacial score (nSPS) is 19.6. The van der Waals surface area contributed by atoms with Crippen molar-refractivity contribution in [2.24, 2.45) is 10.9 Å². The van der Waals surface area contributed by atoms with Gasteiger partial charge in [0.2, 0.25) is 0 Å². The molecule has 1 aliphatic heterocycles. The lowest BCUT2D eigenvalue weighted by Gasteiger charge is -2.22. The molecule has 0 saturated carbocycles. The topological polar surface area (TPSA) is 108 Å². The van der Waals surface area contributed by atoms with E-state index in [9.17, 15) is 5.11 Å². The summed E-state index contributed by atoms with van der Waals surface area (Å²) in [7, 11) is 0. The third-order valence-corrected chi connectivity index (χ3v) is 3.65. The van der Waals surface area contributed by atoms with E-state index >= 15 is 0 Å². The number of aliphatic hydroxyl groups is 1. The Morgan fingerprint density at radius 1 is 1.40 bits per heavy atom. The second-order valence-corrected chi connectivity index (χ2v) is 4.90. The Labute approximate surface area is 118 Å². The fraction of sp³-hybridized carbons (Fsp3) is 0.615. The molecule has 20 heavy (non-hydrogen) atoms. The fourth-order valence-corrected chi connectivity index (χ4v) is 2.64. The molecule has 1 fully saturated rings. The number of nitrogens with two attached hydrogens (primary N) is 1. The maximum atomic E-state index is 9.67. The summed E-state index contributed by atoms with van der Waals surface area (Å²) in [6.07, 6.45) is 1.79. The Balaban J connectivity index is 2.56. The minimum absolute atomic E-state index is 0.0443. The van der Waals surface area contributed by atoms with Gasteiger partial charge in [0.05, 0.1) is 17.4 Å². The van der Waals surface area contributed by atoms with Crippen molar-refractivity contribution in [3.8, 4) is 0 Å². The van der Waals surface area contributed by atoms with Crippen LogP contribution in [0, 0.1) is 0 Å². The molecular formula is C13H21N5O2. The van der Waals surface area contributed by atoms with Crippen molar-refractivity contribution in [1.82, 2.24) is 10.2 Å².